The summed E-state index contributed by atoms with van der Waals surface area (Å²) in [4.78, 5) is 19.1. The first-order valence-corrected chi connectivity index (χ1v) is 12.1. The average Bonchev–Trinajstić information content (AvgIpc) is 3.53. The van der Waals surface area contributed by atoms with Crippen LogP contribution in [-0.4, -0.2) is 78.5 Å². The number of hydrogen-bond acceptors (Lipinski definition) is 9. The number of piperazine rings is 1. The van der Waals surface area contributed by atoms with Crippen molar-refractivity contribution in [3.05, 3.63) is 65.0 Å². The molecule has 2 unspecified atom stereocenters. The summed E-state index contributed by atoms with van der Waals surface area (Å²) in [5.74, 6) is 0.712. The lowest BCUT2D eigenvalue weighted by molar-refractivity contribution is 0.269. The summed E-state index contributed by atoms with van der Waals surface area (Å²) in [6, 6.07) is 10.4. The number of aliphatic imine (C=N–C) groups is 1. The second kappa shape index (κ2) is 8.28. The Morgan fingerprint density at radius 1 is 1.12 bits per heavy atom. The first-order chi connectivity index (χ1) is 16.2. The third kappa shape index (κ3) is 3.69. The highest BCUT2D eigenvalue weighted by Gasteiger charge is 2.38. The Hall–Kier alpha value is -3.24. The van der Waals surface area contributed by atoms with Gasteiger partial charge in [-0.3, -0.25) is 14.9 Å². The van der Waals surface area contributed by atoms with Gasteiger partial charge in [0.1, 0.15) is 13.7 Å². The molecule has 6 rings (SSSR count). The molecule has 3 aliphatic heterocycles. The largest absolute Gasteiger partial charge is 0.384 e. The van der Waals surface area contributed by atoms with Crippen LogP contribution in [0.25, 0.3) is 10.9 Å². The smallest absolute Gasteiger partial charge is 0.185 e. The molecule has 0 amide bonds. The minimum atomic E-state index is -0.164. The van der Waals surface area contributed by atoms with E-state index in [1.165, 1.54) is 0 Å². The molecule has 0 radical (unpaired) electrons. The monoisotopic (exact) mass is 456 g/mol. The summed E-state index contributed by atoms with van der Waals surface area (Å²) in [6.45, 7) is 4.71. The van der Waals surface area contributed by atoms with E-state index >= 15 is 0 Å². The minimum absolute atomic E-state index is 0.0190. The number of nitrogens with zero attached hydrogens (tertiary/aromatic N) is 7. The predicted molar refractivity (Wildman–Crippen MR) is 137 cm³/mol. The van der Waals surface area contributed by atoms with E-state index in [0.717, 1.165) is 65.5 Å². The van der Waals surface area contributed by atoms with Crippen LogP contribution < -0.4 is 10.6 Å². The van der Waals surface area contributed by atoms with Crippen LogP contribution in [0.15, 0.2) is 69.5 Å². The van der Waals surface area contributed by atoms with Gasteiger partial charge in [-0.05, 0) is 23.2 Å². The van der Waals surface area contributed by atoms with Crippen LogP contribution in [0.3, 0.4) is 0 Å². The SMILES string of the molecule is BC1=C(N)N2N=CC(c3cnc4ccccc4c3)C2N=C1CN1CCN(c2nccs2)CC1. The Morgan fingerprint density at radius 3 is 2.79 bits per heavy atom. The molecular formula is C23H25BN8S. The summed E-state index contributed by atoms with van der Waals surface area (Å²) >= 11 is 1.70. The second-order valence-corrected chi connectivity index (χ2v) is 9.55. The topological polar surface area (TPSA) is 86.2 Å². The van der Waals surface area contributed by atoms with Gasteiger partial charge in [0.05, 0.1) is 11.4 Å². The van der Waals surface area contributed by atoms with Gasteiger partial charge in [0.15, 0.2) is 11.3 Å². The van der Waals surface area contributed by atoms with E-state index in [9.17, 15) is 0 Å². The third-order valence-corrected chi connectivity index (χ3v) is 7.54. The molecule has 5 heterocycles. The highest BCUT2D eigenvalue weighted by atomic mass is 32.1. The number of thiazole rings is 1. The first kappa shape index (κ1) is 20.4. The molecule has 0 saturated carbocycles. The lowest BCUT2D eigenvalue weighted by atomic mass is 9.87. The number of anilines is 1. The first-order valence-electron chi connectivity index (χ1n) is 11.3. The van der Waals surface area contributed by atoms with Gasteiger partial charge >= 0.3 is 0 Å². The van der Waals surface area contributed by atoms with E-state index in [2.05, 4.69) is 44.8 Å². The molecule has 0 bridgehead atoms. The summed E-state index contributed by atoms with van der Waals surface area (Å²) < 4.78 is 0. The highest BCUT2D eigenvalue weighted by molar-refractivity contribution is 7.13. The number of hydrogen-bond donors (Lipinski definition) is 1. The van der Waals surface area contributed by atoms with E-state index < -0.39 is 0 Å². The Kier molecular flexibility index (Phi) is 5.11. The number of para-hydroxylation sites is 1. The molecule has 2 N–H and O–H groups in total. The van der Waals surface area contributed by atoms with E-state index in [-0.39, 0.29) is 12.1 Å². The van der Waals surface area contributed by atoms with Gasteiger partial charge in [-0.15, -0.1) is 11.3 Å². The number of pyridine rings is 1. The quantitative estimate of drug-likeness (QED) is 0.598. The van der Waals surface area contributed by atoms with Crippen molar-refractivity contribution in [1.82, 2.24) is 19.9 Å². The summed E-state index contributed by atoms with van der Waals surface area (Å²) in [6.07, 6.45) is 5.60. The van der Waals surface area contributed by atoms with Crippen LogP contribution in [-0.2, 0) is 0 Å². The van der Waals surface area contributed by atoms with E-state index in [0.29, 0.717) is 5.82 Å². The highest BCUT2D eigenvalue weighted by Crippen LogP contribution is 2.34. The van der Waals surface area contributed by atoms with Crippen molar-refractivity contribution in [2.45, 2.75) is 12.1 Å². The normalized spacial score (nSPS) is 23.3. The number of rotatable bonds is 4. The van der Waals surface area contributed by atoms with Crippen molar-refractivity contribution in [2.75, 3.05) is 37.6 Å². The molecule has 2 aromatic heterocycles. The van der Waals surface area contributed by atoms with Gasteiger partial charge in [0.2, 0.25) is 0 Å². The Bertz CT molecular complexity index is 1260. The molecule has 1 fully saturated rings. The van der Waals surface area contributed by atoms with Gasteiger partial charge in [0.25, 0.3) is 0 Å². The molecule has 0 spiro atoms. The standard InChI is InChI=1S/C23H25BN8S/c24-20-19(14-30-6-8-31(9-7-30)23-26-5-10-33-23)29-22-17(13-28-32(22)21(20)25)16-11-15-3-1-2-4-18(15)27-12-16/h1-5,10-13,17,22H,6-9,14,24-25H2. The maximum Gasteiger partial charge on any atom is 0.185 e. The molecule has 166 valence electrons. The van der Waals surface area contributed by atoms with E-state index in [4.69, 9.17) is 10.7 Å². The van der Waals surface area contributed by atoms with E-state index in [1.54, 1.807) is 11.3 Å². The zero-order chi connectivity index (χ0) is 22.4. The average molecular weight is 456 g/mol. The van der Waals surface area contributed by atoms with E-state index in [1.807, 2.05) is 47.2 Å². The Labute approximate surface area is 197 Å². The lowest BCUT2D eigenvalue weighted by Crippen LogP contribution is -2.49. The van der Waals surface area contributed by atoms with Gasteiger partial charge in [-0.25, -0.2) is 9.99 Å². The number of hydrazone groups is 1. The van der Waals surface area contributed by atoms with Crippen LogP contribution in [0.2, 0.25) is 0 Å². The number of fused-ring (bicyclic) bond motifs is 2. The fourth-order valence-electron chi connectivity index (χ4n) is 4.73. The molecule has 2 atom stereocenters. The minimum Gasteiger partial charge on any atom is -0.384 e. The molecule has 33 heavy (non-hydrogen) atoms. The van der Waals surface area contributed by atoms with Crippen LogP contribution in [0.1, 0.15) is 11.5 Å². The summed E-state index contributed by atoms with van der Waals surface area (Å²) in [5, 5.41) is 10.7. The van der Waals surface area contributed by atoms with Crippen LogP contribution in [0.5, 0.6) is 0 Å². The van der Waals surface area contributed by atoms with Crippen molar-refractivity contribution < 1.29 is 0 Å². The molecule has 3 aliphatic rings. The zero-order valence-electron chi connectivity index (χ0n) is 18.5. The third-order valence-electron chi connectivity index (χ3n) is 6.71. The molecule has 1 saturated heterocycles. The second-order valence-electron chi connectivity index (χ2n) is 8.67. The molecule has 0 aliphatic carbocycles. The molecule has 3 aromatic rings. The van der Waals surface area contributed by atoms with Gasteiger partial charge in [-0.1, -0.05) is 18.2 Å². The zero-order valence-corrected chi connectivity index (χ0v) is 19.3. The Morgan fingerprint density at radius 2 is 1.97 bits per heavy atom. The maximum atomic E-state index is 6.54. The van der Waals surface area contributed by atoms with Crippen molar-refractivity contribution in [2.24, 2.45) is 15.8 Å². The van der Waals surface area contributed by atoms with Crippen LogP contribution >= 0.6 is 11.3 Å². The fraction of sp³-hybridized carbons (Fsp3) is 0.304. The number of aromatic nitrogens is 2. The van der Waals surface area contributed by atoms with Gasteiger partial charge in [0, 0.05) is 67.8 Å². The number of benzene rings is 1. The van der Waals surface area contributed by atoms with Crippen molar-refractivity contribution in [3.63, 3.8) is 0 Å². The van der Waals surface area contributed by atoms with Gasteiger partial charge < -0.3 is 10.6 Å². The predicted octanol–water partition coefficient (Wildman–Crippen LogP) is 1.44. The lowest BCUT2D eigenvalue weighted by Gasteiger charge is -2.37. The van der Waals surface area contributed by atoms with Crippen LogP contribution in [0.4, 0.5) is 5.13 Å². The number of nitrogens with two attached hydrogens (primary N) is 1. The van der Waals surface area contributed by atoms with Gasteiger partial charge in [-0.2, -0.15) is 5.10 Å². The molecule has 8 nitrogen and oxygen atoms in total. The van der Waals surface area contributed by atoms with Crippen LogP contribution in [0, 0.1) is 0 Å². The summed E-state index contributed by atoms with van der Waals surface area (Å²) in [7, 11) is 2.05. The molecule has 10 heteroatoms. The van der Waals surface area contributed by atoms with Crippen molar-refractivity contribution in [1.29, 1.82) is 0 Å². The Balaban J connectivity index is 1.21. The molecular weight excluding hydrogens is 431 g/mol. The van der Waals surface area contributed by atoms with Crippen molar-refractivity contribution >= 4 is 47.1 Å². The maximum absolute atomic E-state index is 6.54. The summed E-state index contributed by atoms with van der Waals surface area (Å²) in [5.41, 5.74) is 10.7. The fourth-order valence-corrected chi connectivity index (χ4v) is 5.42. The molecule has 1 aromatic carbocycles. The van der Waals surface area contributed by atoms with Crippen molar-refractivity contribution in [3.8, 4) is 0 Å².